The molecule has 0 radical (unpaired) electrons. The molecular formula is C18H29N5O4. The van der Waals surface area contributed by atoms with E-state index in [2.05, 4.69) is 34.1 Å². The largest absolute Gasteiger partial charge is 0.394 e. The average molecular weight is 379 g/mol. The Morgan fingerprint density at radius 3 is 2.70 bits per heavy atom. The van der Waals surface area contributed by atoms with Gasteiger partial charge in [-0.1, -0.05) is 32.6 Å². The number of nitrogens with zero attached hydrogens (tertiary/aromatic N) is 4. The van der Waals surface area contributed by atoms with Crippen molar-refractivity contribution in [1.82, 2.24) is 19.5 Å². The van der Waals surface area contributed by atoms with Gasteiger partial charge in [0.05, 0.1) is 12.9 Å². The summed E-state index contributed by atoms with van der Waals surface area (Å²) in [6.07, 6.45) is 4.79. The van der Waals surface area contributed by atoms with Gasteiger partial charge in [0.2, 0.25) is 0 Å². The van der Waals surface area contributed by atoms with Gasteiger partial charge in [-0.15, -0.1) is 0 Å². The van der Waals surface area contributed by atoms with Crippen LogP contribution in [0.15, 0.2) is 12.7 Å². The maximum absolute atomic E-state index is 10.3. The third kappa shape index (κ3) is 4.21. The summed E-state index contributed by atoms with van der Waals surface area (Å²) in [5.41, 5.74) is 1.08. The molecule has 0 bridgehead atoms. The Hall–Kier alpha value is -1.81. The molecule has 0 aromatic carbocycles. The van der Waals surface area contributed by atoms with Crippen molar-refractivity contribution in [2.45, 2.75) is 76.5 Å². The van der Waals surface area contributed by atoms with Crippen LogP contribution in [0.1, 0.15) is 52.2 Å². The summed E-state index contributed by atoms with van der Waals surface area (Å²) in [5.74, 6) is 0.633. The lowest BCUT2D eigenvalue weighted by atomic mass is 10.1. The number of rotatable bonds is 9. The number of aliphatic hydroxyl groups is 3. The summed E-state index contributed by atoms with van der Waals surface area (Å²) in [6.45, 7) is 3.93. The van der Waals surface area contributed by atoms with Crippen LogP contribution in [-0.2, 0) is 4.74 Å². The molecule has 0 saturated carbocycles. The molecule has 3 rings (SSSR count). The van der Waals surface area contributed by atoms with Gasteiger partial charge in [0.1, 0.15) is 24.6 Å². The van der Waals surface area contributed by atoms with Crippen molar-refractivity contribution < 1.29 is 20.1 Å². The summed E-state index contributed by atoms with van der Waals surface area (Å²) in [6, 6.07) is 0.249. The van der Waals surface area contributed by atoms with E-state index >= 15 is 0 Å². The second-order valence-corrected chi connectivity index (χ2v) is 7.17. The molecule has 2 unspecified atom stereocenters. The highest BCUT2D eigenvalue weighted by atomic mass is 16.6. The van der Waals surface area contributed by atoms with Crippen LogP contribution < -0.4 is 5.32 Å². The van der Waals surface area contributed by atoms with Crippen LogP contribution in [0.4, 0.5) is 5.82 Å². The Balaban J connectivity index is 1.75. The predicted molar refractivity (Wildman–Crippen MR) is 100 cm³/mol. The lowest BCUT2D eigenvalue weighted by Crippen LogP contribution is -2.33. The molecule has 0 aliphatic carbocycles. The Morgan fingerprint density at radius 2 is 2.00 bits per heavy atom. The lowest BCUT2D eigenvalue weighted by molar-refractivity contribution is -0.0511. The summed E-state index contributed by atoms with van der Waals surface area (Å²) in [4.78, 5) is 12.9. The number of anilines is 1. The number of nitrogens with one attached hydrogen (secondary N) is 1. The standard InChI is InChI=1S/C18H29N5O4/c1-3-4-5-6-7-11(2)22-16-13-17(20-9-19-16)23(10-21-13)18-15(26)14(25)12(8-24)27-18/h9-12,14-15,18,24-26H,3-8H2,1-2H3,(H,19,20,22)/t11?,12-,14-,15-,18?/m1/s1. The van der Waals surface area contributed by atoms with E-state index in [1.807, 2.05) is 0 Å². The Labute approximate surface area is 158 Å². The number of hydrogen-bond acceptors (Lipinski definition) is 8. The Bertz CT molecular complexity index is 740. The first-order valence-electron chi connectivity index (χ1n) is 9.63. The fourth-order valence-electron chi connectivity index (χ4n) is 3.44. The molecule has 3 heterocycles. The van der Waals surface area contributed by atoms with E-state index in [9.17, 15) is 15.3 Å². The number of aliphatic hydroxyl groups excluding tert-OH is 3. The quantitative estimate of drug-likeness (QED) is 0.479. The SMILES string of the molecule is CCCCCCC(C)Nc1ncnc2c1ncn2C1O[C@H](CO)[C@@H](O)[C@H]1O. The first-order chi connectivity index (χ1) is 13.1. The molecule has 4 N–H and O–H groups in total. The zero-order valence-electron chi connectivity index (χ0n) is 15.8. The second kappa shape index (κ2) is 8.92. The third-order valence-electron chi connectivity index (χ3n) is 5.02. The Morgan fingerprint density at radius 1 is 1.19 bits per heavy atom. The monoisotopic (exact) mass is 379 g/mol. The van der Waals surface area contributed by atoms with Crippen LogP contribution in [0.25, 0.3) is 11.2 Å². The first kappa shape index (κ1) is 19.9. The number of unbranched alkanes of at least 4 members (excludes halogenated alkanes) is 3. The van der Waals surface area contributed by atoms with E-state index < -0.39 is 24.5 Å². The molecule has 5 atom stereocenters. The number of fused-ring (bicyclic) bond motifs is 1. The van der Waals surface area contributed by atoms with Crippen LogP contribution >= 0.6 is 0 Å². The first-order valence-corrected chi connectivity index (χ1v) is 9.63. The van der Waals surface area contributed by atoms with Crippen LogP contribution in [0.5, 0.6) is 0 Å². The molecular weight excluding hydrogens is 350 g/mol. The molecule has 1 saturated heterocycles. The smallest absolute Gasteiger partial charge is 0.167 e. The molecule has 2 aromatic rings. The minimum absolute atomic E-state index is 0.249. The minimum atomic E-state index is -1.18. The van der Waals surface area contributed by atoms with Gasteiger partial charge in [-0.2, -0.15) is 0 Å². The normalized spacial score (nSPS) is 26.6. The van der Waals surface area contributed by atoms with E-state index in [-0.39, 0.29) is 12.6 Å². The minimum Gasteiger partial charge on any atom is -0.394 e. The zero-order chi connectivity index (χ0) is 19.4. The molecule has 9 nitrogen and oxygen atoms in total. The van der Waals surface area contributed by atoms with Crippen molar-refractivity contribution >= 4 is 17.0 Å². The number of aromatic nitrogens is 4. The van der Waals surface area contributed by atoms with E-state index in [1.54, 1.807) is 4.57 Å². The fourth-order valence-corrected chi connectivity index (χ4v) is 3.44. The molecule has 27 heavy (non-hydrogen) atoms. The summed E-state index contributed by atoms with van der Waals surface area (Å²) in [5, 5.41) is 32.9. The van der Waals surface area contributed by atoms with Crippen LogP contribution in [0, 0.1) is 0 Å². The maximum atomic E-state index is 10.3. The lowest BCUT2D eigenvalue weighted by Gasteiger charge is -2.17. The molecule has 9 heteroatoms. The fraction of sp³-hybridized carbons (Fsp3) is 0.722. The van der Waals surface area contributed by atoms with Crippen molar-refractivity contribution in [3.63, 3.8) is 0 Å². The number of imidazole rings is 1. The van der Waals surface area contributed by atoms with Gasteiger partial charge >= 0.3 is 0 Å². The van der Waals surface area contributed by atoms with E-state index in [0.29, 0.717) is 17.0 Å². The van der Waals surface area contributed by atoms with Gasteiger partial charge in [0.15, 0.2) is 23.2 Å². The van der Waals surface area contributed by atoms with E-state index in [1.165, 1.54) is 31.9 Å². The zero-order valence-corrected chi connectivity index (χ0v) is 15.8. The van der Waals surface area contributed by atoms with E-state index in [0.717, 1.165) is 12.8 Å². The van der Waals surface area contributed by atoms with Gasteiger partial charge in [-0.25, -0.2) is 15.0 Å². The molecule has 0 amide bonds. The van der Waals surface area contributed by atoms with Gasteiger partial charge in [-0.05, 0) is 13.3 Å². The summed E-state index contributed by atoms with van der Waals surface area (Å²) >= 11 is 0. The molecule has 1 aliphatic rings. The van der Waals surface area contributed by atoms with Crippen molar-refractivity contribution in [1.29, 1.82) is 0 Å². The van der Waals surface area contributed by atoms with Gasteiger partial charge < -0.3 is 25.4 Å². The van der Waals surface area contributed by atoms with E-state index in [4.69, 9.17) is 4.74 Å². The maximum Gasteiger partial charge on any atom is 0.167 e. The number of hydrogen-bond donors (Lipinski definition) is 4. The van der Waals surface area contributed by atoms with Crippen molar-refractivity contribution in [3.05, 3.63) is 12.7 Å². The highest BCUT2D eigenvalue weighted by molar-refractivity contribution is 5.82. The Kier molecular flexibility index (Phi) is 6.59. The van der Waals surface area contributed by atoms with Crippen molar-refractivity contribution in [3.8, 4) is 0 Å². The van der Waals surface area contributed by atoms with Gasteiger partial charge in [0, 0.05) is 6.04 Å². The summed E-state index contributed by atoms with van der Waals surface area (Å²) < 4.78 is 7.14. The molecule has 0 spiro atoms. The molecule has 150 valence electrons. The summed E-state index contributed by atoms with van der Waals surface area (Å²) in [7, 11) is 0. The molecule has 2 aromatic heterocycles. The highest BCUT2D eigenvalue weighted by Gasteiger charge is 2.44. The average Bonchev–Trinajstić information content (AvgIpc) is 3.21. The third-order valence-corrected chi connectivity index (χ3v) is 5.02. The topological polar surface area (TPSA) is 126 Å². The number of ether oxygens (including phenoxy) is 1. The molecule has 1 aliphatic heterocycles. The predicted octanol–water partition coefficient (Wildman–Crippen LogP) is 1.21. The highest BCUT2D eigenvalue weighted by Crippen LogP contribution is 2.32. The van der Waals surface area contributed by atoms with Crippen LogP contribution in [-0.4, -0.2) is 65.8 Å². The van der Waals surface area contributed by atoms with Crippen molar-refractivity contribution in [2.24, 2.45) is 0 Å². The van der Waals surface area contributed by atoms with Gasteiger partial charge in [-0.3, -0.25) is 4.57 Å². The van der Waals surface area contributed by atoms with Gasteiger partial charge in [0.25, 0.3) is 0 Å². The van der Waals surface area contributed by atoms with Crippen LogP contribution in [0.2, 0.25) is 0 Å². The van der Waals surface area contributed by atoms with Crippen molar-refractivity contribution in [2.75, 3.05) is 11.9 Å². The van der Waals surface area contributed by atoms with Crippen LogP contribution in [0.3, 0.4) is 0 Å². The second-order valence-electron chi connectivity index (χ2n) is 7.17. The molecule has 1 fully saturated rings.